The molecule has 1 amide bonds. The average Bonchev–Trinajstić information content (AvgIpc) is 2.93. The number of benzene rings is 2. The van der Waals surface area contributed by atoms with Crippen LogP contribution in [0.5, 0.6) is 11.6 Å². The van der Waals surface area contributed by atoms with Gasteiger partial charge in [-0.2, -0.15) is 4.98 Å². The molecule has 160 valence electrons. The van der Waals surface area contributed by atoms with E-state index in [9.17, 15) is 4.79 Å². The summed E-state index contributed by atoms with van der Waals surface area (Å²) in [4.78, 5) is 19.1. The highest BCUT2D eigenvalue weighted by Crippen LogP contribution is 2.44. The fourth-order valence-electron chi connectivity index (χ4n) is 3.48. The summed E-state index contributed by atoms with van der Waals surface area (Å²) in [6.45, 7) is 4.23. The summed E-state index contributed by atoms with van der Waals surface area (Å²) in [5.74, 6) is 0.857. The number of hydrogen-bond donors (Lipinski definition) is 0. The minimum absolute atomic E-state index is 0.160. The van der Waals surface area contributed by atoms with E-state index in [2.05, 4.69) is 22.1 Å². The van der Waals surface area contributed by atoms with Gasteiger partial charge in [-0.25, -0.2) is 0 Å². The van der Waals surface area contributed by atoms with E-state index in [0.717, 1.165) is 24.0 Å². The molecule has 7 nitrogen and oxygen atoms in total. The number of anilines is 1. The van der Waals surface area contributed by atoms with Crippen molar-refractivity contribution in [1.82, 2.24) is 15.2 Å². The van der Waals surface area contributed by atoms with Crippen LogP contribution in [-0.4, -0.2) is 34.0 Å². The molecule has 8 heteroatoms. The molecule has 0 bridgehead atoms. The van der Waals surface area contributed by atoms with Crippen molar-refractivity contribution in [3.05, 3.63) is 54.1 Å². The molecule has 1 aromatic heterocycles. The summed E-state index contributed by atoms with van der Waals surface area (Å²) in [6.07, 6.45) is 3.09. The molecule has 3 aromatic rings. The summed E-state index contributed by atoms with van der Waals surface area (Å²) in [5.41, 5.74) is 2.69. The Morgan fingerprint density at radius 1 is 1.16 bits per heavy atom. The van der Waals surface area contributed by atoms with Crippen LogP contribution in [0, 0.1) is 0 Å². The molecule has 2 heterocycles. The van der Waals surface area contributed by atoms with Gasteiger partial charge in [0.15, 0.2) is 5.69 Å². The molecule has 0 spiro atoms. The van der Waals surface area contributed by atoms with Crippen molar-refractivity contribution in [2.24, 2.45) is 0 Å². The fraction of sp³-hybridized carbons (Fsp3) is 0.304. The van der Waals surface area contributed by atoms with Crippen LogP contribution in [0.3, 0.4) is 0 Å². The van der Waals surface area contributed by atoms with Crippen LogP contribution in [0.4, 0.5) is 5.69 Å². The number of fused-ring (bicyclic) bond motifs is 3. The number of thioether (sulfide) groups is 1. The number of unbranched alkanes of at least 4 members (excludes halogenated alkanes) is 1. The van der Waals surface area contributed by atoms with Gasteiger partial charge < -0.3 is 9.47 Å². The molecule has 1 atom stereocenters. The summed E-state index contributed by atoms with van der Waals surface area (Å²) >= 11 is 1.38. The third-order valence-electron chi connectivity index (χ3n) is 4.97. The van der Waals surface area contributed by atoms with Gasteiger partial charge in [0.25, 0.3) is 0 Å². The largest absolute Gasteiger partial charge is 0.493 e. The topological polar surface area (TPSA) is 77.4 Å². The van der Waals surface area contributed by atoms with E-state index < -0.39 is 6.23 Å². The molecule has 0 radical (unpaired) electrons. The van der Waals surface area contributed by atoms with Crippen LogP contribution in [0.25, 0.3) is 11.3 Å². The molecule has 1 aliphatic heterocycles. The Morgan fingerprint density at radius 3 is 2.71 bits per heavy atom. The van der Waals surface area contributed by atoms with Gasteiger partial charge in [-0.1, -0.05) is 55.4 Å². The summed E-state index contributed by atoms with van der Waals surface area (Å²) in [6, 6.07) is 15.2. The van der Waals surface area contributed by atoms with E-state index in [1.807, 2.05) is 54.8 Å². The Balaban J connectivity index is 1.89. The van der Waals surface area contributed by atoms with Gasteiger partial charge in [0, 0.05) is 12.5 Å². The molecular formula is C23H24N4O3S. The quantitative estimate of drug-likeness (QED) is 0.402. The van der Waals surface area contributed by atoms with Gasteiger partial charge in [0.1, 0.15) is 5.75 Å². The molecule has 0 aliphatic carbocycles. The first kappa shape index (κ1) is 21.1. The van der Waals surface area contributed by atoms with Crippen molar-refractivity contribution in [2.45, 2.75) is 38.1 Å². The molecule has 0 N–H and O–H groups in total. The monoisotopic (exact) mass is 436 g/mol. The van der Waals surface area contributed by atoms with E-state index in [0.29, 0.717) is 34.8 Å². The van der Waals surface area contributed by atoms with Gasteiger partial charge in [0.05, 0.1) is 17.9 Å². The van der Waals surface area contributed by atoms with Crippen LogP contribution in [0.2, 0.25) is 0 Å². The maximum Gasteiger partial charge on any atom is 0.247 e. The number of aromatic nitrogens is 3. The van der Waals surface area contributed by atoms with Gasteiger partial charge in [0.2, 0.25) is 23.2 Å². The number of amides is 1. The van der Waals surface area contributed by atoms with Crippen molar-refractivity contribution in [3.63, 3.8) is 0 Å². The molecule has 2 aromatic carbocycles. The molecule has 0 fully saturated rings. The lowest BCUT2D eigenvalue weighted by molar-refractivity contribution is -0.118. The van der Waals surface area contributed by atoms with Crippen molar-refractivity contribution < 1.29 is 14.3 Å². The minimum Gasteiger partial charge on any atom is -0.493 e. The van der Waals surface area contributed by atoms with Gasteiger partial charge in [-0.15, -0.1) is 10.2 Å². The van der Waals surface area contributed by atoms with Crippen LogP contribution in [-0.2, 0) is 4.79 Å². The highest BCUT2D eigenvalue weighted by molar-refractivity contribution is 7.98. The molecule has 1 aliphatic rings. The SMILES string of the molecule is CCCCOc1ccccc1[C@H]1Oc2nc(SC)nnc2-c2ccccc2N1C(C)=O. The average molecular weight is 437 g/mol. The van der Waals surface area contributed by atoms with Crippen molar-refractivity contribution in [3.8, 4) is 22.9 Å². The Bertz CT molecular complexity index is 1090. The second kappa shape index (κ2) is 9.34. The maximum atomic E-state index is 12.9. The van der Waals surface area contributed by atoms with Crippen LogP contribution < -0.4 is 14.4 Å². The molecule has 0 unspecified atom stereocenters. The molecule has 0 saturated carbocycles. The number of carbonyl (C=O) groups excluding carboxylic acids is 1. The third kappa shape index (κ3) is 4.20. The van der Waals surface area contributed by atoms with Crippen LogP contribution in [0.15, 0.2) is 53.7 Å². The van der Waals surface area contributed by atoms with Gasteiger partial charge in [-0.3, -0.25) is 9.69 Å². The smallest absolute Gasteiger partial charge is 0.247 e. The third-order valence-corrected chi connectivity index (χ3v) is 5.51. The molecular weight excluding hydrogens is 412 g/mol. The van der Waals surface area contributed by atoms with E-state index in [4.69, 9.17) is 9.47 Å². The van der Waals surface area contributed by atoms with Gasteiger partial charge in [-0.05, 0) is 30.9 Å². The van der Waals surface area contributed by atoms with Crippen molar-refractivity contribution >= 4 is 23.4 Å². The summed E-state index contributed by atoms with van der Waals surface area (Å²) in [5, 5.41) is 9.05. The summed E-state index contributed by atoms with van der Waals surface area (Å²) in [7, 11) is 0. The number of rotatable bonds is 6. The molecule has 0 saturated heterocycles. The highest BCUT2D eigenvalue weighted by Gasteiger charge is 2.35. The predicted molar refractivity (Wildman–Crippen MR) is 120 cm³/mol. The first-order valence-corrected chi connectivity index (χ1v) is 11.4. The first-order valence-electron chi connectivity index (χ1n) is 10.2. The van der Waals surface area contributed by atoms with Crippen molar-refractivity contribution in [1.29, 1.82) is 0 Å². The fourth-order valence-corrected chi connectivity index (χ4v) is 3.78. The van der Waals surface area contributed by atoms with E-state index >= 15 is 0 Å². The zero-order valence-electron chi connectivity index (χ0n) is 17.7. The van der Waals surface area contributed by atoms with Crippen LogP contribution in [0.1, 0.15) is 38.5 Å². The lowest BCUT2D eigenvalue weighted by atomic mass is 10.1. The second-order valence-corrected chi connectivity index (χ2v) is 7.84. The van der Waals surface area contributed by atoms with Gasteiger partial charge >= 0.3 is 0 Å². The normalized spacial score (nSPS) is 14.8. The zero-order chi connectivity index (χ0) is 21.8. The van der Waals surface area contributed by atoms with Crippen LogP contribution >= 0.6 is 11.8 Å². The first-order chi connectivity index (χ1) is 15.1. The number of nitrogens with zero attached hydrogens (tertiary/aromatic N) is 4. The Kier molecular flexibility index (Phi) is 6.36. The minimum atomic E-state index is -0.760. The lowest BCUT2D eigenvalue weighted by Crippen LogP contribution is -2.36. The second-order valence-electron chi connectivity index (χ2n) is 7.07. The van der Waals surface area contributed by atoms with E-state index in [-0.39, 0.29) is 5.91 Å². The Labute approximate surface area is 185 Å². The standard InChI is InChI=1S/C23H24N4O3S/c1-4-5-14-29-19-13-9-7-11-17(19)22-27(15(2)28)18-12-8-6-10-16(18)20-21(30-22)24-23(31-3)26-25-20/h6-13,22H,4-5,14H2,1-3H3/t22-/m1/s1. The van der Waals surface area contributed by atoms with Crippen molar-refractivity contribution in [2.75, 3.05) is 17.8 Å². The lowest BCUT2D eigenvalue weighted by Gasteiger charge is -2.30. The maximum absolute atomic E-state index is 12.9. The summed E-state index contributed by atoms with van der Waals surface area (Å²) < 4.78 is 12.4. The van der Waals surface area contributed by atoms with E-state index in [1.165, 1.54) is 18.7 Å². The predicted octanol–water partition coefficient (Wildman–Crippen LogP) is 4.88. The molecule has 4 rings (SSSR count). The number of para-hydroxylation sites is 2. The molecule has 31 heavy (non-hydrogen) atoms. The number of ether oxygens (including phenoxy) is 2. The Morgan fingerprint density at radius 2 is 1.94 bits per heavy atom. The highest BCUT2D eigenvalue weighted by atomic mass is 32.2. The number of carbonyl (C=O) groups is 1. The number of hydrogen-bond acceptors (Lipinski definition) is 7. The Hall–Kier alpha value is -3.13. The van der Waals surface area contributed by atoms with E-state index in [1.54, 1.807) is 4.90 Å². The zero-order valence-corrected chi connectivity index (χ0v) is 18.6.